The van der Waals surface area contributed by atoms with Gasteiger partial charge >= 0.3 is 5.97 Å². The summed E-state index contributed by atoms with van der Waals surface area (Å²) in [6.07, 6.45) is 6.21. The molecule has 18 heavy (non-hydrogen) atoms. The Labute approximate surface area is 108 Å². The molecule has 0 bridgehead atoms. The summed E-state index contributed by atoms with van der Waals surface area (Å²) in [4.78, 5) is 10.4. The van der Waals surface area contributed by atoms with Crippen LogP contribution >= 0.6 is 0 Å². The number of rotatable bonds is 8. The molecule has 0 radical (unpaired) electrons. The first-order valence-corrected chi connectivity index (χ1v) is 6.30. The molecular formula is C15H20O3. The van der Waals surface area contributed by atoms with Gasteiger partial charge in [0.2, 0.25) is 0 Å². The van der Waals surface area contributed by atoms with Gasteiger partial charge in [0.25, 0.3) is 0 Å². The average molecular weight is 248 g/mol. The van der Waals surface area contributed by atoms with E-state index in [0.717, 1.165) is 30.2 Å². The van der Waals surface area contributed by atoms with Crippen LogP contribution in [0.15, 0.2) is 30.3 Å². The van der Waals surface area contributed by atoms with E-state index >= 15 is 0 Å². The molecule has 0 saturated heterocycles. The van der Waals surface area contributed by atoms with Crippen LogP contribution in [-0.2, 0) is 16.1 Å². The van der Waals surface area contributed by atoms with E-state index in [9.17, 15) is 4.79 Å². The molecule has 0 amide bonds. The molecule has 1 aromatic rings. The number of carbonyl (C=O) groups is 1. The minimum absolute atomic E-state index is 0.582. The molecule has 0 aliphatic heterocycles. The van der Waals surface area contributed by atoms with Crippen LogP contribution in [0.5, 0.6) is 0 Å². The summed E-state index contributed by atoms with van der Waals surface area (Å²) in [5.41, 5.74) is 1.95. The number of ether oxygens (including phenoxy) is 1. The Morgan fingerprint density at radius 2 is 2.22 bits per heavy atom. The second-order valence-electron chi connectivity index (χ2n) is 4.18. The first-order valence-electron chi connectivity index (χ1n) is 6.30. The third-order valence-electron chi connectivity index (χ3n) is 2.53. The van der Waals surface area contributed by atoms with Crippen molar-refractivity contribution in [3.05, 3.63) is 41.5 Å². The Balaban J connectivity index is 2.42. The fourth-order valence-corrected chi connectivity index (χ4v) is 1.60. The number of hydrogen-bond donors (Lipinski definition) is 1. The van der Waals surface area contributed by atoms with Gasteiger partial charge in [-0.05, 0) is 29.7 Å². The Bertz CT molecular complexity index is 396. The summed E-state index contributed by atoms with van der Waals surface area (Å²) in [5, 5.41) is 8.56. The van der Waals surface area contributed by atoms with Crippen molar-refractivity contribution in [2.24, 2.45) is 0 Å². The van der Waals surface area contributed by atoms with Crippen LogP contribution in [0.2, 0.25) is 0 Å². The van der Waals surface area contributed by atoms with Crippen LogP contribution in [0.1, 0.15) is 37.3 Å². The molecule has 0 atom stereocenters. The zero-order chi connectivity index (χ0) is 13.2. The maximum absolute atomic E-state index is 10.4. The molecule has 0 fully saturated rings. The lowest BCUT2D eigenvalue weighted by Gasteiger charge is -2.04. The summed E-state index contributed by atoms with van der Waals surface area (Å²) in [6, 6.07) is 7.71. The van der Waals surface area contributed by atoms with E-state index in [1.807, 2.05) is 24.3 Å². The Hall–Kier alpha value is -1.61. The normalized spacial score (nSPS) is 10.9. The van der Waals surface area contributed by atoms with E-state index in [2.05, 4.69) is 6.92 Å². The van der Waals surface area contributed by atoms with Crippen LogP contribution in [0.4, 0.5) is 0 Å². The Morgan fingerprint density at radius 1 is 1.39 bits per heavy atom. The van der Waals surface area contributed by atoms with Gasteiger partial charge in [-0.2, -0.15) is 0 Å². The number of benzene rings is 1. The van der Waals surface area contributed by atoms with E-state index in [1.165, 1.54) is 12.8 Å². The highest BCUT2D eigenvalue weighted by Gasteiger charge is 1.95. The Kier molecular flexibility index (Phi) is 6.81. The molecule has 0 heterocycles. The van der Waals surface area contributed by atoms with Crippen LogP contribution in [-0.4, -0.2) is 17.7 Å². The molecule has 0 spiro atoms. The van der Waals surface area contributed by atoms with Gasteiger partial charge < -0.3 is 9.84 Å². The lowest BCUT2D eigenvalue weighted by Crippen LogP contribution is -1.95. The van der Waals surface area contributed by atoms with Crippen LogP contribution in [0, 0.1) is 0 Å². The van der Waals surface area contributed by atoms with Crippen molar-refractivity contribution in [2.45, 2.75) is 32.8 Å². The van der Waals surface area contributed by atoms with E-state index in [-0.39, 0.29) is 0 Å². The van der Waals surface area contributed by atoms with Crippen molar-refractivity contribution in [3.63, 3.8) is 0 Å². The fraction of sp³-hybridized carbons (Fsp3) is 0.400. The van der Waals surface area contributed by atoms with Crippen LogP contribution in [0.25, 0.3) is 6.08 Å². The Morgan fingerprint density at radius 3 is 2.94 bits per heavy atom. The predicted molar refractivity (Wildman–Crippen MR) is 72.3 cm³/mol. The summed E-state index contributed by atoms with van der Waals surface area (Å²) < 4.78 is 5.56. The standard InChI is InChI=1S/C15H20O3/c1-2-3-4-10-18-12-14-7-5-6-13(11-14)8-9-15(16)17/h5-9,11H,2-4,10,12H2,1H3,(H,16,17). The molecule has 3 nitrogen and oxygen atoms in total. The van der Waals surface area contributed by atoms with Crippen molar-refractivity contribution < 1.29 is 14.6 Å². The summed E-state index contributed by atoms with van der Waals surface area (Å²) in [5.74, 6) is -0.934. The summed E-state index contributed by atoms with van der Waals surface area (Å²) in [6.45, 7) is 3.53. The van der Waals surface area contributed by atoms with E-state index in [1.54, 1.807) is 6.08 Å². The second kappa shape index (κ2) is 8.48. The van der Waals surface area contributed by atoms with Crippen molar-refractivity contribution >= 4 is 12.0 Å². The molecule has 0 aliphatic carbocycles. The van der Waals surface area contributed by atoms with Gasteiger partial charge in [0.05, 0.1) is 6.61 Å². The van der Waals surface area contributed by atoms with Crippen LogP contribution in [0.3, 0.4) is 0 Å². The van der Waals surface area contributed by atoms with Gasteiger partial charge in [0.1, 0.15) is 0 Å². The third kappa shape index (κ3) is 6.21. The molecule has 0 aliphatic rings. The summed E-state index contributed by atoms with van der Waals surface area (Å²) in [7, 11) is 0. The SMILES string of the molecule is CCCCCOCc1cccc(C=CC(=O)O)c1. The maximum atomic E-state index is 10.4. The molecule has 98 valence electrons. The number of carboxylic acid groups (broad SMARTS) is 1. The molecule has 0 aromatic heterocycles. The highest BCUT2D eigenvalue weighted by atomic mass is 16.5. The van der Waals surface area contributed by atoms with Crippen LogP contribution < -0.4 is 0 Å². The molecule has 3 heteroatoms. The minimum Gasteiger partial charge on any atom is -0.478 e. The molecule has 1 aromatic carbocycles. The highest BCUT2D eigenvalue weighted by Crippen LogP contribution is 2.09. The lowest BCUT2D eigenvalue weighted by molar-refractivity contribution is -0.131. The second-order valence-corrected chi connectivity index (χ2v) is 4.18. The number of aliphatic carboxylic acids is 1. The molecule has 0 unspecified atom stereocenters. The van der Waals surface area contributed by atoms with Crippen molar-refractivity contribution in [1.29, 1.82) is 0 Å². The van der Waals surface area contributed by atoms with Crippen molar-refractivity contribution in [2.75, 3.05) is 6.61 Å². The number of carboxylic acids is 1. The van der Waals surface area contributed by atoms with Gasteiger partial charge in [-0.1, -0.05) is 38.0 Å². The van der Waals surface area contributed by atoms with Gasteiger partial charge in [-0.25, -0.2) is 4.79 Å². The van der Waals surface area contributed by atoms with Gasteiger partial charge in [-0.15, -0.1) is 0 Å². The van der Waals surface area contributed by atoms with Gasteiger partial charge in [0.15, 0.2) is 0 Å². The lowest BCUT2D eigenvalue weighted by atomic mass is 10.1. The van der Waals surface area contributed by atoms with Gasteiger partial charge in [0, 0.05) is 12.7 Å². The quantitative estimate of drug-likeness (QED) is 0.566. The number of hydrogen-bond acceptors (Lipinski definition) is 2. The topological polar surface area (TPSA) is 46.5 Å². The monoisotopic (exact) mass is 248 g/mol. The fourth-order valence-electron chi connectivity index (χ4n) is 1.60. The average Bonchev–Trinajstić information content (AvgIpc) is 2.37. The number of unbranched alkanes of at least 4 members (excludes halogenated alkanes) is 2. The minimum atomic E-state index is -0.934. The van der Waals surface area contributed by atoms with Gasteiger partial charge in [-0.3, -0.25) is 0 Å². The zero-order valence-corrected chi connectivity index (χ0v) is 10.8. The maximum Gasteiger partial charge on any atom is 0.328 e. The molecule has 1 N–H and O–H groups in total. The largest absolute Gasteiger partial charge is 0.478 e. The first kappa shape index (κ1) is 14.5. The predicted octanol–water partition coefficient (Wildman–Crippen LogP) is 3.49. The first-order chi connectivity index (χ1) is 8.72. The van der Waals surface area contributed by atoms with E-state index in [0.29, 0.717) is 6.61 Å². The van der Waals surface area contributed by atoms with Crippen molar-refractivity contribution in [1.82, 2.24) is 0 Å². The molecule has 1 rings (SSSR count). The highest BCUT2D eigenvalue weighted by molar-refractivity contribution is 5.85. The molecule has 0 saturated carbocycles. The zero-order valence-electron chi connectivity index (χ0n) is 10.8. The smallest absolute Gasteiger partial charge is 0.328 e. The third-order valence-corrected chi connectivity index (χ3v) is 2.53. The summed E-state index contributed by atoms with van der Waals surface area (Å²) >= 11 is 0. The van der Waals surface area contributed by atoms with E-state index in [4.69, 9.17) is 9.84 Å². The van der Waals surface area contributed by atoms with E-state index < -0.39 is 5.97 Å². The van der Waals surface area contributed by atoms with Crippen molar-refractivity contribution in [3.8, 4) is 0 Å². The molecular weight excluding hydrogens is 228 g/mol.